The highest BCUT2D eigenvalue weighted by atomic mass is 32.1. The zero-order chi connectivity index (χ0) is 15.0. The van der Waals surface area contributed by atoms with Crippen LogP contribution in [0.1, 0.15) is 47.3 Å². The average molecular weight is 310 g/mol. The highest BCUT2D eigenvalue weighted by Crippen LogP contribution is 2.51. The Labute approximate surface area is 128 Å². The molecule has 21 heavy (non-hydrogen) atoms. The fourth-order valence-electron chi connectivity index (χ4n) is 2.88. The van der Waals surface area contributed by atoms with Gasteiger partial charge in [0, 0.05) is 24.6 Å². The summed E-state index contributed by atoms with van der Waals surface area (Å²) in [5.74, 6) is 0.673. The van der Waals surface area contributed by atoms with Crippen molar-refractivity contribution in [2.24, 2.45) is 5.92 Å². The molecule has 1 aliphatic heterocycles. The Kier molecular flexibility index (Phi) is 4.08. The van der Waals surface area contributed by atoms with E-state index in [1.165, 1.54) is 18.4 Å². The van der Waals surface area contributed by atoms with Gasteiger partial charge in [0.25, 0.3) is 0 Å². The summed E-state index contributed by atoms with van der Waals surface area (Å²) >= 11 is 1.42. The van der Waals surface area contributed by atoms with Gasteiger partial charge in [-0.15, -0.1) is 11.3 Å². The Morgan fingerprint density at radius 3 is 2.81 bits per heavy atom. The molecule has 116 valence electrons. The molecule has 1 saturated heterocycles. The van der Waals surface area contributed by atoms with Gasteiger partial charge in [0.2, 0.25) is 0 Å². The minimum Gasteiger partial charge on any atom is -0.465 e. The molecule has 5 nitrogen and oxygen atoms in total. The molecule has 0 spiro atoms. The van der Waals surface area contributed by atoms with Gasteiger partial charge in [-0.3, -0.25) is 0 Å². The maximum absolute atomic E-state index is 11.8. The van der Waals surface area contributed by atoms with E-state index in [9.17, 15) is 4.79 Å². The van der Waals surface area contributed by atoms with Crippen molar-refractivity contribution >= 4 is 28.0 Å². The Morgan fingerprint density at radius 2 is 2.24 bits per heavy atom. The van der Waals surface area contributed by atoms with Gasteiger partial charge in [-0.25, -0.2) is 4.79 Å². The molecule has 1 aliphatic carbocycles. The molecule has 3 rings (SSSR count). The van der Waals surface area contributed by atoms with Crippen LogP contribution in [0.5, 0.6) is 0 Å². The largest absolute Gasteiger partial charge is 0.465 e. The molecule has 2 aliphatic rings. The first-order chi connectivity index (χ1) is 10.1. The molecular formula is C15H22N2O3S. The molecular weight excluding hydrogens is 288 g/mol. The quantitative estimate of drug-likeness (QED) is 0.818. The Bertz CT molecular complexity index is 539. The molecule has 2 unspecified atom stereocenters. The predicted octanol–water partition coefficient (Wildman–Crippen LogP) is 2.83. The summed E-state index contributed by atoms with van der Waals surface area (Å²) in [6, 6.07) is 0. The van der Waals surface area contributed by atoms with Gasteiger partial charge in [0.1, 0.15) is 4.88 Å². The summed E-state index contributed by atoms with van der Waals surface area (Å²) in [5, 5.41) is 4.53. The van der Waals surface area contributed by atoms with E-state index >= 15 is 0 Å². The van der Waals surface area contributed by atoms with E-state index in [0.29, 0.717) is 28.5 Å². The van der Waals surface area contributed by atoms with Crippen molar-refractivity contribution in [2.45, 2.75) is 38.2 Å². The molecule has 3 N–H and O–H groups in total. The van der Waals surface area contributed by atoms with Crippen LogP contribution < -0.4 is 11.1 Å². The second kappa shape index (κ2) is 5.85. The van der Waals surface area contributed by atoms with Crippen molar-refractivity contribution in [3.8, 4) is 0 Å². The zero-order valence-corrected chi connectivity index (χ0v) is 13.3. The van der Waals surface area contributed by atoms with Crippen LogP contribution in [0.2, 0.25) is 0 Å². The summed E-state index contributed by atoms with van der Waals surface area (Å²) < 4.78 is 10.4. The van der Waals surface area contributed by atoms with E-state index in [-0.39, 0.29) is 5.97 Å². The first-order valence-corrected chi connectivity index (χ1v) is 8.29. The number of hydrogen-bond donors (Lipinski definition) is 2. The lowest BCUT2D eigenvalue weighted by molar-refractivity contribution is 0.0607. The van der Waals surface area contributed by atoms with E-state index in [2.05, 4.69) is 12.2 Å². The maximum Gasteiger partial charge on any atom is 0.350 e. The van der Waals surface area contributed by atoms with E-state index in [1.807, 2.05) is 0 Å². The molecule has 2 heterocycles. The van der Waals surface area contributed by atoms with Gasteiger partial charge >= 0.3 is 5.97 Å². The standard InChI is InChI=1S/C15H22N2O3S/c1-8-10(5-6-20-8)7-17-14-11(9-3-4-9)12(16)13(21-14)15(18)19-2/h8-10,17H,3-7,16H2,1-2H3. The third kappa shape index (κ3) is 2.87. The third-order valence-corrected chi connectivity index (χ3v) is 5.56. The minimum absolute atomic E-state index is 0.291. The number of rotatable bonds is 5. The maximum atomic E-state index is 11.8. The van der Waals surface area contributed by atoms with E-state index < -0.39 is 0 Å². The third-order valence-electron chi connectivity index (χ3n) is 4.40. The van der Waals surface area contributed by atoms with E-state index in [0.717, 1.165) is 43.0 Å². The Morgan fingerprint density at radius 1 is 1.48 bits per heavy atom. The Hall–Kier alpha value is -1.27. The zero-order valence-electron chi connectivity index (χ0n) is 12.5. The van der Waals surface area contributed by atoms with Crippen LogP contribution in [0.15, 0.2) is 0 Å². The fourth-order valence-corrected chi connectivity index (χ4v) is 4.01. The van der Waals surface area contributed by atoms with Gasteiger partial charge < -0.3 is 20.5 Å². The molecule has 0 radical (unpaired) electrons. The molecule has 1 aromatic rings. The number of carbonyl (C=O) groups excluding carboxylic acids is 1. The van der Waals surface area contributed by atoms with Gasteiger partial charge in [0.05, 0.1) is 23.9 Å². The van der Waals surface area contributed by atoms with E-state index in [4.69, 9.17) is 15.2 Å². The average Bonchev–Trinajstić information content (AvgIpc) is 3.14. The Balaban J connectivity index is 1.78. The lowest BCUT2D eigenvalue weighted by atomic mass is 10.0. The number of nitrogens with two attached hydrogens (primary N) is 1. The summed E-state index contributed by atoms with van der Waals surface area (Å²) in [7, 11) is 1.39. The summed E-state index contributed by atoms with van der Waals surface area (Å²) in [6.45, 7) is 3.81. The van der Waals surface area contributed by atoms with Gasteiger partial charge in [-0.1, -0.05) is 0 Å². The summed E-state index contributed by atoms with van der Waals surface area (Å²) in [6.07, 6.45) is 3.68. The first-order valence-electron chi connectivity index (χ1n) is 7.47. The van der Waals surface area contributed by atoms with Crippen LogP contribution in [0.4, 0.5) is 10.7 Å². The van der Waals surface area contributed by atoms with Crippen molar-refractivity contribution in [3.05, 3.63) is 10.4 Å². The smallest absolute Gasteiger partial charge is 0.350 e. The van der Waals surface area contributed by atoms with Crippen molar-refractivity contribution in [1.82, 2.24) is 0 Å². The SMILES string of the molecule is COC(=O)c1sc(NCC2CCOC2C)c(C2CC2)c1N. The van der Waals surface area contributed by atoms with Crippen LogP contribution in [0.3, 0.4) is 0 Å². The molecule has 0 amide bonds. The van der Waals surface area contributed by atoms with Crippen molar-refractivity contribution in [1.29, 1.82) is 0 Å². The van der Waals surface area contributed by atoms with Crippen LogP contribution in [0, 0.1) is 5.92 Å². The number of methoxy groups -OCH3 is 1. The minimum atomic E-state index is -0.343. The molecule has 6 heteroatoms. The van der Waals surface area contributed by atoms with Crippen LogP contribution in [-0.2, 0) is 9.47 Å². The molecule has 1 aromatic heterocycles. The first kappa shape index (κ1) is 14.7. The molecule has 2 fully saturated rings. The predicted molar refractivity (Wildman–Crippen MR) is 84.1 cm³/mol. The van der Waals surface area contributed by atoms with Crippen LogP contribution in [0.25, 0.3) is 0 Å². The highest BCUT2D eigenvalue weighted by Gasteiger charge is 2.33. The number of anilines is 2. The lowest BCUT2D eigenvalue weighted by Crippen LogP contribution is -2.20. The van der Waals surface area contributed by atoms with Crippen LogP contribution in [-0.4, -0.2) is 32.3 Å². The van der Waals surface area contributed by atoms with Crippen molar-refractivity contribution in [2.75, 3.05) is 31.3 Å². The van der Waals surface area contributed by atoms with E-state index in [1.54, 1.807) is 0 Å². The summed E-state index contributed by atoms with van der Waals surface area (Å²) in [5.41, 5.74) is 7.90. The number of thiophene rings is 1. The number of nitrogen functional groups attached to an aromatic ring is 1. The lowest BCUT2D eigenvalue weighted by Gasteiger charge is -2.15. The molecule has 2 atom stereocenters. The second-order valence-corrected chi connectivity index (χ2v) is 6.88. The van der Waals surface area contributed by atoms with Gasteiger partial charge in [-0.2, -0.15) is 0 Å². The topological polar surface area (TPSA) is 73.6 Å². The van der Waals surface area contributed by atoms with Gasteiger partial charge in [0.15, 0.2) is 0 Å². The second-order valence-electron chi connectivity index (χ2n) is 5.86. The number of esters is 1. The van der Waals surface area contributed by atoms with Gasteiger partial charge in [-0.05, 0) is 32.1 Å². The summed E-state index contributed by atoms with van der Waals surface area (Å²) in [4.78, 5) is 12.3. The molecule has 0 aromatic carbocycles. The molecule has 1 saturated carbocycles. The molecule has 0 bridgehead atoms. The van der Waals surface area contributed by atoms with Crippen molar-refractivity contribution in [3.63, 3.8) is 0 Å². The van der Waals surface area contributed by atoms with Crippen molar-refractivity contribution < 1.29 is 14.3 Å². The number of ether oxygens (including phenoxy) is 2. The monoisotopic (exact) mass is 310 g/mol. The number of carbonyl (C=O) groups is 1. The fraction of sp³-hybridized carbons (Fsp3) is 0.667. The number of nitrogens with one attached hydrogen (secondary N) is 1. The number of hydrogen-bond acceptors (Lipinski definition) is 6. The normalized spacial score (nSPS) is 25.0. The highest BCUT2D eigenvalue weighted by molar-refractivity contribution is 7.18. The van der Waals surface area contributed by atoms with Crippen LogP contribution >= 0.6 is 11.3 Å².